The molecule has 0 saturated heterocycles. The second-order valence-electron chi connectivity index (χ2n) is 3.74. The van der Waals surface area contributed by atoms with E-state index in [0.29, 0.717) is 5.56 Å². The Morgan fingerprint density at radius 1 is 1.40 bits per heavy atom. The van der Waals surface area contributed by atoms with Gasteiger partial charge in [-0.25, -0.2) is 4.39 Å². The van der Waals surface area contributed by atoms with E-state index in [0.717, 1.165) is 5.56 Å². The van der Waals surface area contributed by atoms with Gasteiger partial charge in [-0.1, -0.05) is 24.3 Å². The Labute approximate surface area is 88.7 Å². The molecule has 2 unspecified atom stereocenters. The number of hydrogen-bond acceptors (Lipinski definition) is 1. The zero-order valence-electron chi connectivity index (χ0n) is 8.90. The first-order valence-corrected chi connectivity index (χ1v) is 4.97. The summed E-state index contributed by atoms with van der Waals surface area (Å²) in [6, 6.07) is 7.11. The van der Waals surface area contributed by atoms with Gasteiger partial charge in [0.15, 0.2) is 0 Å². The number of aliphatic carboxylic acids is 1. The number of carboxylic acid groups (broad SMARTS) is 1. The lowest BCUT2D eigenvalue weighted by atomic mass is 9.93. The SMILES string of the molecule is CC(F)Cc1ccccc1C(C)C(=O)O. The molecule has 0 bridgehead atoms. The van der Waals surface area contributed by atoms with Crippen LogP contribution < -0.4 is 0 Å². The lowest BCUT2D eigenvalue weighted by molar-refractivity contribution is -0.138. The standard InChI is InChI=1S/C12H15FO2/c1-8(13)7-10-5-3-4-6-11(10)9(2)12(14)15/h3-6,8-9H,7H2,1-2H3,(H,14,15). The summed E-state index contributed by atoms with van der Waals surface area (Å²) in [5.74, 6) is -1.46. The minimum absolute atomic E-state index is 0.272. The van der Waals surface area contributed by atoms with Crippen LogP contribution in [0.2, 0.25) is 0 Å². The molecule has 0 fully saturated rings. The highest BCUT2D eigenvalue weighted by Crippen LogP contribution is 2.21. The third kappa shape index (κ3) is 3.05. The second kappa shape index (κ2) is 4.91. The topological polar surface area (TPSA) is 37.3 Å². The summed E-state index contributed by atoms with van der Waals surface area (Å²) in [5, 5.41) is 8.90. The van der Waals surface area contributed by atoms with Crippen molar-refractivity contribution in [1.82, 2.24) is 0 Å². The summed E-state index contributed by atoms with van der Waals surface area (Å²) in [6.07, 6.45) is -0.680. The van der Waals surface area contributed by atoms with Gasteiger partial charge in [0.25, 0.3) is 0 Å². The third-order valence-corrected chi connectivity index (χ3v) is 2.39. The summed E-state index contributed by atoms with van der Waals surface area (Å²) < 4.78 is 12.9. The number of carbonyl (C=O) groups is 1. The van der Waals surface area contributed by atoms with Crippen LogP contribution in [0.25, 0.3) is 0 Å². The number of halogens is 1. The van der Waals surface area contributed by atoms with E-state index in [-0.39, 0.29) is 6.42 Å². The Morgan fingerprint density at radius 2 is 2.00 bits per heavy atom. The summed E-state index contributed by atoms with van der Waals surface area (Å²) in [4.78, 5) is 10.8. The van der Waals surface area contributed by atoms with E-state index in [2.05, 4.69) is 0 Å². The van der Waals surface area contributed by atoms with Crippen molar-refractivity contribution in [3.63, 3.8) is 0 Å². The first-order valence-electron chi connectivity index (χ1n) is 4.97. The number of alkyl halides is 1. The van der Waals surface area contributed by atoms with Crippen molar-refractivity contribution in [3.8, 4) is 0 Å². The Bertz CT molecular complexity index is 347. The number of rotatable bonds is 4. The van der Waals surface area contributed by atoms with Crippen LogP contribution in [0, 0.1) is 0 Å². The van der Waals surface area contributed by atoms with Crippen LogP contribution in [0.1, 0.15) is 30.9 Å². The molecule has 2 nitrogen and oxygen atoms in total. The summed E-state index contributed by atoms with van der Waals surface area (Å²) >= 11 is 0. The highest BCUT2D eigenvalue weighted by atomic mass is 19.1. The fourth-order valence-electron chi connectivity index (χ4n) is 1.58. The third-order valence-electron chi connectivity index (χ3n) is 2.39. The van der Waals surface area contributed by atoms with Crippen molar-refractivity contribution in [3.05, 3.63) is 35.4 Å². The maximum Gasteiger partial charge on any atom is 0.310 e. The van der Waals surface area contributed by atoms with Gasteiger partial charge in [0, 0.05) is 6.42 Å². The Balaban J connectivity index is 3.00. The van der Waals surface area contributed by atoms with Crippen molar-refractivity contribution in [2.75, 3.05) is 0 Å². The van der Waals surface area contributed by atoms with Crippen LogP contribution in [0.4, 0.5) is 4.39 Å². The van der Waals surface area contributed by atoms with Gasteiger partial charge in [-0.2, -0.15) is 0 Å². The molecule has 82 valence electrons. The van der Waals surface area contributed by atoms with Crippen LogP contribution in [-0.2, 0) is 11.2 Å². The van der Waals surface area contributed by atoms with E-state index in [1.165, 1.54) is 6.92 Å². The Morgan fingerprint density at radius 3 is 2.53 bits per heavy atom. The van der Waals surface area contributed by atoms with E-state index in [1.54, 1.807) is 31.2 Å². The fourth-order valence-corrected chi connectivity index (χ4v) is 1.58. The summed E-state index contributed by atoms with van der Waals surface area (Å²) in [6.45, 7) is 3.09. The van der Waals surface area contributed by atoms with Crippen molar-refractivity contribution in [2.45, 2.75) is 32.4 Å². The van der Waals surface area contributed by atoms with Crippen LogP contribution in [0.3, 0.4) is 0 Å². The van der Waals surface area contributed by atoms with E-state index >= 15 is 0 Å². The average molecular weight is 210 g/mol. The van der Waals surface area contributed by atoms with Crippen molar-refractivity contribution >= 4 is 5.97 Å². The molecule has 0 aliphatic rings. The van der Waals surface area contributed by atoms with E-state index in [1.807, 2.05) is 0 Å². The van der Waals surface area contributed by atoms with Gasteiger partial charge >= 0.3 is 5.97 Å². The molecule has 2 atom stereocenters. The molecular weight excluding hydrogens is 195 g/mol. The molecular formula is C12H15FO2. The van der Waals surface area contributed by atoms with E-state index in [4.69, 9.17) is 5.11 Å². The average Bonchev–Trinajstić information content (AvgIpc) is 2.16. The normalized spacial score (nSPS) is 14.6. The van der Waals surface area contributed by atoms with Gasteiger partial charge in [-0.15, -0.1) is 0 Å². The molecule has 1 aromatic carbocycles. The molecule has 0 aliphatic carbocycles. The zero-order valence-corrected chi connectivity index (χ0v) is 8.90. The van der Waals surface area contributed by atoms with Gasteiger partial charge in [0.1, 0.15) is 6.17 Å². The number of carboxylic acids is 1. The maximum atomic E-state index is 12.9. The quantitative estimate of drug-likeness (QED) is 0.829. The number of benzene rings is 1. The summed E-state index contributed by atoms with van der Waals surface area (Å²) in [5.41, 5.74) is 1.48. The fraction of sp³-hybridized carbons (Fsp3) is 0.417. The minimum atomic E-state index is -0.952. The lowest BCUT2D eigenvalue weighted by Gasteiger charge is -2.13. The molecule has 0 aliphatic heterocycles. The first kappa shape index (κ1) is 11.7. The molecule has 0 spiro atoms. The molecule has 1 N–H and O–H groups in total. The highest BCUT2D eigenvalue weighted by Gasteiger charge is 2.17. The van der Waals surface area contributed by atoms with Crippen LogP contribution in [0.15, 0.2) is 24.3 Å². The van der Waals surface area contributed by atoms with Crippen LogP contribution in [-0.4, -0.2) is 17.2 Å². The predicted octanol–water partition coefficient (Wildman–Crippen LogP) is 2.78. The van der Waals surface area contributed by atoms with Crippen LogP contribution >= 0.6 is 0 Å². The zero-order chi connectivity index (χ0) is 11.4. The first-order chi connectivity index (χ1) is 7.02. The molecule has 1 rings (SSSR count). The van der Waals surface area contributed by atoms with E-state index < -0.39 is 18.1 Å². The minimum Gasteiger partial charge on any atom is -0.481 e. The van der Waals surface area contributed by atoms with Gasteiger partial charge < -0.3 is 5.11 Å². The molecule has 0 aromatic heterocycles. The number of hydrogen-bond donors (Lipinski definition) is 1. The molecule has 1 aromatic rings. The molecule has 0 radical (unpaired) electrons. The van der Waals surface area contributed by atoms with Gasteiger partial charge in [0.2, 0.25) is 0 Å². The van der Waals surface area contributed by atoms with Crippen LogP contribution in [0.5, 0.6) is 0 Å². The van der Waals surface area contributed by atoms with Crippen molar-refractivity contribution in [1.29, 1.82) is 0 Å². The second-order valence-corrected chi connectivity index (χ2v) is 3.74. The van der Waals surface area contributed by atoms with Gasteiger partial charge in [-0.05, 0) is 25.0 Å². The highest BCUT2D eigenvalue weighted by molar-refractivity contribution is 5.76. The summed E-state index contributed by atoms with van der Waals surface area (Å²) in [7, 11) is 0. The molecule has 3 heteroatoms. The van der Waals surface area contributed by atoms with E-state index in [9.17, 15) is 9.18 Å². The predicted molar refractivity (Wildman–Crippen MR) is 56.8 cm³/mol. The molecule has 15 heavy (non-hydrogen) atoms. The monoisotopic (exact) mass is 210 g/mol. The van der Waals surface area contributed by atoms with Gasteiger partial charge in [0.05, 0.1) is 5.92 Å². The maximum absolute atomic E-state index is 12.9. The smallest absolute Gasteiger partial charge is 0.310 e. The van der Waals surface area contributed by atoms with Crippen molar-refractivity contribution < 1.29 is 14.3 Å². The Hall–Kier alpha value is -1.38. The van der Waals surface area contributed by atoms with Gasteiger partial charge in [-0.3, -0.25) is 4.79 Å². The molecule has 0 heterocycles. The lowest BCUT2D eigenvalue weighted by Crippen LogP contribution is -2.11. The largest absolute Gasteiger partial charge is 0.481 e. The van der Waals surface area contributed by atoms with Crippen molar-refractivity contribution in [2.24, 2.45) is 0 Å². The Kier molecular flexibility index (Phi) is 3.83. The molecule has 0 amide bonds. The molecule has 0 saturated carbocycles.